The average molecular weight is 269 g/mol. The number of amides is 1. The Labute approximate surface area is 114 Å². The Morgan fingerprint density at radius 3 is 2.80 bits per heavy atom. The summed E-state index contributed by atoms with van der Waals surface area (Å²) in [6, 6.07) is 11.5. The number of aromatic nitrogens is 4. The summed E-state index contributed by atoms with van der Waals surface area (Å²) in [5.74, 6) is 0.0669. The van der Waals surface area contributed by atoms with E-state index in [4.69, 9.17) is 10.3 Å². The summed E-state index contributed by atoms with van der Waals surface area (Å²) >= 11 is 0. The van der Waals surface area contributed by atoms with Gasteiger partial charge in [0.1, 0.15) is 5.69 Å². The number of rotatable bonds is 4. The third kappa shape index (κ3) is 2.41. The van der Waals surface area contributed by atoms with Crippen molar-refractivity contribution in [3.8, 4) is 11.3 Å². The molecule has 3 rings (SSSR count). The fraction of sp³-hybridized carbons (Fsp3) is 0.0769. The van der Waals surface area contributed by atoms with E-state index >= 15 is 0 Å². The Hall–Kier alpha value is -2.96. The molecule has 0 bridgehead atoms. The fourth-order valence-corrected chi connectivity index (χ4v) is 1.78. The molecule has 1 amide bonds. The molecule has 0 aliphatic rings. The van der Waals surface area contributed by atoms with Crippen LogP contribution in [-0.4, -0.2) is 26.1 Å². The smallest absolute Gasteiger partial charge is 0.270 e. The molecule has 100 valence electrons. The molecule has 1 aromatic carbocycles. The van der Waals surface area contributed by atoms with Crippen molar-refractivity contribution in [1.29, 1.82) is 0 Å². The van der Waals surface area contributed by atoms with Gasteiger partial charge in [0.2, 0.25) is 0 Å². The second kappa shape index (κ2) is 4.96. The number of primary amides is 1. The van der Waals surface area contributed by atoms with E-state index in [0.717, 1.165) is 5.56 Å². The molecule has 0 saturated carbocycles. The lowest BCUT2D eigenvalue weighted by Crippen LogP contribution is -2.11. The van der Waals surface area contributed by atoms with E-state index < -0.39 is 5.91 Å². The van der Waals surface area contributed by atoms with Gasteiger partial charge in [-0.15, -0.1) is 5.10 Å². The molecule has 0 aliphatic heterocycles. The Kier molecular flexibility index (Phi) is 3.00. The van der Waals surface area contributed by atoms with Gasteiger partial charge in [-0.2, -0.15) is 0 Å². The Balaban J connectivity index is 1.78. The Morgan fingerprint density at radius 1 is 1.30 bits per heavy atom. The largest absolute Gasteiger partial charge is 0.364 e. The molecule has 2 heterocycles. The normalized spacial score (nSPS) is 10.6. The Bertz CT molecular complexity index is 732. The first-order valence-electron chi connectivity index (χ1n) is 5.93. The molecule has 0 radical (unpaired) electrons. The van der Waals surface area contributed by atoms with E-state index in [0.29, 0.717) is 18.0 Å². The monoisotopic (exact) mass is 269 g/mol. The van der Waals surface area contributed by atoms with Crippen LogP contribution >= 0.6 is 0 Å². The van der Waals surface area contributed by atoms with E-state index in [-0.39, 0.29) is 5.69 Å². The quantitative estimate of drug-likeness (QED) is 0.763. The van der Waals surface area contributed by atoms with Gasteiger partial charge in [0.25, 0.3) is 5.91 Å². The van der Waals surface area contributed by atoms with Crippen molar-refractivity contribution in [2.75, 3.05) is 0 Å². The molecule has 2 aromatic heterocycles. The number of hydrogen-bond acceptors (Lipinski definition) is 5. The van der Waals surface area contributed by atoms with Gasteiger partial charge in [-0.3, -0.25) is 4.79 Å². The summed E-state index contributed by atoms with van der Waals surface area (Å²) in [6.45, 7) is 0.358. The number of hydrogen-bond donors (Lipinski definition) is 1. The summed E-state index contributed by atoms with van der Waals surface area (Å²) < 4.78 is 6.75. The maximum Gasteiger partial charge on any atom is 0.270 e. The zero-order valence-corrected chi connectivity index (χ0v) is 10.4. The lowest BCUT2D eigenvalue weighted by atomic mass is 10.2. The minimum absolute atomic E-state index is 0.122. The van der Waals surface area contributed by atoms with Crippen LogP contribution in [0.25, 0.3) is 11.3 Å². The van der Waals surface area contributed by atoms with Crippen molar-refractivity contribution in [2.24, 2.45) is 5.73 Å². The average Bonchev–Trinajstić information content (AvgIpc) is 3.10. The third-order valence-corrected chi connectivity index (χ3v) is 2.73. The van der Waals surface area contributed by atoms with Gasteiger partial charge in [0, 0.05) is 11.6 Å². The molecule has 0 saturated heterocycles. The molecule has 20 heavy (non-hydrogen) atoms. The molecule has 7 heteroatoms. The lowest BCUT2D eigenvalue weighted by Gasteiger charge is -1.93. The number of nitrogens with zero attached hydrogens (tertiary/aromatic N) is 4. The van der Waals surface area contributed by atoms with Crippen LogP contribution in [-0.2, 0) is 6.54 Å². The van der Waals surface area contributed by atoms with E-state index in [2.05, 4.69) is 15.5 Å². The predicted molar refractivity (Wildman–Crippen MR) is 69.6 cm³/mol. The van der Waals surface area contributed by atoms with Crippen molar-refractivity contribution < 1.29 is 9.32 Å². The minimum atomic E-state index is -0.610. The number of benzene rings is 1. The summed E-state index contributed by atoms with van der Waals surface area (Å²) in [5.41, 5.74) is 6.87. The van der Waals surface area contributed by atoms with E-state index in [1.807, 2.05) is 36.4 Å². The van der Waals surface area contributed by atoms with E-state index in [1.54, 1.807) is 0 Å². The summed E-state index contributed by atoms with van der Waals surface area (Å²) in [5, 5.41) is 11.4. The maximum absolute atomic E-state index is 10.9. The second-order valence-corrected chi connectivity index (χ2v) is 4.21. The fourth-order valence-electron chi connectivity index (χ4n) is 1.78. The predicted octanol–water partition coefficient (Wildman–Crippen LogP) is 1.08. The van der Waals surface area contributed by atoms with E-state index in [9.17, 15) is 4.79 Å². The SMILES string of the molecule is NC(=O)c1cn(Cc2cc(-c3ccccc3)on2)nn1. The standard InChI is InChI=1S/C13H11N5O2/c14-13(19)11-8-18(17-15-11)7-10-6-12(20-16-10)9-4-2-1-3-5-9/h1-6,8H,7H2,(H2,14,19). The highest BCUT2D eigenvalue weighted by Crippen LogP contribution is 2.19. The number of nitrogens with two attached hydrogens (primary N) is 1. The van der Waals surface area contributed by atoms with Crippen molar-refractivity contribution >= 4 is 5.91 Å². The number of carbonyl (C=O) groups is 1. The molecule has 3 aromatic rings. The van der Waals surface area contributed by atoms with Crippen LogP contribution in [0.5, 0.6) is 0 Å². The number of carbonyl (C=O) groups excluding carboxylic acids is 1. The first-order chi connectivity index (χ1) is 9.72. The molecule has 0 fully saturated rings. The molecular weight excluding hydrogens is 258 g/mol. The molecular formula is C13H11N5O2. The van der Waals surface area contributed by atoms with Gasteiger partial charge in [-0.1, -0.05) is 40.7 Å². The van der Waals surface area contributed by atoms with Crippen LogP contribution in [0.1, 0.15) is 16.2 Å². The Morgan fingerprint density at radius 2 is 2.10 bits per heavy atom. The van der Waals surface area contributed by atoms with Crippen molar-refractivity contribution in [2.45, 2.75) is 6.54 Å². The highest BCUT2D eigenvalue weighted by atomic mass is 16.5. The van der Waals surface area contributed by atoms with Crippen LogP contribution in [0.2, 0.25) is 0 Å². The minimum Gasteiger partial charge on any atom is -0.364 e. The summed E-state index contributed by atoms with van der Waals surface area (Å²) in [6.07, 6.45) is 1.47. The van der Waals surface area contributed by atoms with Gasteiger partial charge in [0.05, 0.1) is 12.7 Å². The van der Waals surface area contributed by atoms with Crippen LogP contribution in [0.15, 0.2) is 47.1 Å². The summed E-state index contributed by atoms with van der Waals surface area (Å²) in [4.78, 5) is 10.9. The molecule has 0 aliphatic carbocycles. The topological polar surface area (TPSA) is 99.8 Å². The summed E-state index contributed by atoms with van der Waals surface area (Å²) in [7, 11) is 0. The van der Waals surface area contributed by atoms with Crippen molar-refractivity contribution in [1.82, 2.24) is 20.2 Å². The second-order valence-electron chi connectivity index (χ2n) is 4.21. The van der Waals surface area contributed by atoms with Crippen molar-refractivity contribution in [3.63, 3.8) is 0 Å². The first kappa shape index (κ1) is 12.1. The molecule has 0 atom stereocenters. The molecule has 0 unspecified atom stereocenters. The highest BCUT2D eigenvalue weighted by molar-refractivity contribution is 5.90. The van der Waals surface area contributed by atoms with Gasteiger partial charge in [0.15, 0.2) is 11.5 Å². The van der Waals surface area contributed by atoms with Crippen LogP contribution in [0, 0.1) is 0 Å². The van der Waals surface area contributed by atoms with Crippen molar-refractivity contribution in [3.05, 3.63) is 54.0 Å². The van der Waals surface area contributed by atoms with Crippen LogP contribution in [0.4, 0.5) is 0 Å². The van der Waals surface area contributed by atoms with Gasteiger partial charge in [-0.05, 0) is 0 Å². The van der Waals surface area contributed by atoms with Gasteiger partial charge < -0.3 is 10.3 Å². The highest BCUT2D eigenvalue weighted by Gasteiger charge is 2.10. The zero-order chi connectivity index (χ0) is 13.9. The van der Waals surface area contributed by atoms with Crippen LogP contribution < -0.4 is 5.73 Å². The molecule has 7 nitrogen and oxygen atoms in total. The van der Waals surface area contributed by atoms with E-state index in [1.165, 1.54) is 10.9 Å². The molecule has 0 spiro atoms. The molecule has 2 N–H and O–H groups in total. The van der Waals surface area contributed by atoms with Gasteiger partial charge >= 0.3 is 0 Å². The maximum atomic E-state index is 10.9. The third-order valence-electron chi connectivity index (χ3n) is 2.73. The van der Waals surface area contributed by atoms with Gasteiger partial charge in [-0.25, -0.2) is 4.68 Å². The first-order valence-corrected chi connectivity index (χ1v) is 5.93. The zero-order valence-electron chi connectivity index (χ0n) is 10.4. The lowest BCUT2D eigenvalue weighted by molar-refractivity contribution is 0.0995. The van der Waals surface area contributed by atoms with Crippen LogP contribution in [0.3, 0.4) is 0 Å².